The Labute approximate surface area is 106 Å². The van der Waals surface area contributed by atoms with Gasteiger partial charge in [0.15, 0.2) is 0 Å². The third-order valence-corrected chi connectivity index (χ3v) is 3.64. The van der Waals surface area contributed by atoms with Crippen molar-refractivity contribution in [3.05, 3.63) is 59.3 Å². The summed E-state index contributed by atoms with van der Waals surface area (Å²) < 4.78 is 0. The Morgan fingerprint density at radius 1 is 1.24 bits per heavy atom. The van der Waals surface area contributed by atoms with Crippen LogP contribution in [0.1, 0.15) is 16.7 Å². The van der Waals surface area contributed by atoms with Gasteiger partial charge < -0.3 is 5.73 Å². The molecule has 0 spiro atoms. The van der Waals surface area contributed by atoms with Crippen molar-refractivity contribution in [2.24, 2.45) is 5.73 Å². The minimum absolute atomic E-state index is 0.558. The highest BCUT2D eigenvalue weighted by Gasteiger charge is 2.01. The molecule has 0 amide bonds. The van der Waals surface area contributed by atoms with Gasteiger partial charge in [0.05, 0.1) is 5.03 Å². The molecule has 0 saturated carbocycles. The van der Waals surface area contributed by atoms with Gasteiger partial charge in [0.1, 0.15) is 0 Å². The maximum absolute atomic E-state index is 5.62. The number of nitrogens with zero attached hydrogens (tertiary/aromatic N) is 1. The molecule has 1 aromatic carbocycles. The molecule has 0 saturated heterocycles. The van der Waals surface area contributed by atoms with Gasteiger partial charge in [0.2, 0.25) is 0 Å². The van der Waals surface area contributed by atoms with Crippen LogP contribution in [0, 0.1) is 6.92 Å². The first-order chi connectivity index (χ1) is 8.29. The molecule has 1 heterocycles. The third-order valence-electron chi connectivity index (χ3n) is 2.64. The molecule has 17 heavy (non-hydrogen) atoms. The summed E-state index contributed by atoms with van der Waals surface area (Å²) in [7, 11) is 0. The molecule has 1 aromatic heterocycles. The second-order valence-corrected chi connectivity index (χ2v) is 4.92. The van der Waals surface area contributed by atoms with Crippen LogP contribution in [0.4, 0.5) is 0 Å². The number of nitrogens with two attached hydrogens (primary N) is 1. The molecule has 2 N–H and O–H groups in total. The van der Waals surface area contributed by atoms with E-state index in [0.717, 1.165) is 16.3 Å². The highest BCUT2D eigenvalue weighted by molar-refractivity contribution is 7.98. The maximum atomic E-state index is 5.62. The lowest BCUT2D eigenvalue weighted by atomic mass is 10.2. The van der Waals surface area contributed by atoms with Gasteiger partial charge in [-0.15, -0.1) is 11.8 Å². The zero-order valence-corrected chi connectivity index (χ0v) is 10.7. The van der Waals surface area contributed by atoms with Crippen LogP contribution < -0.4 is 5.73 Å². The van der Waals surface area contributed by atoms with Crippen molar-refractivity contribution in [1.29, 1.82) is 0 Å². The first kappa shape index (κ1) is 12.1. The van der Waals surface area contributed by atoms with Crippen molar-refractivity contribution < 1.29 is 0 Å². The first-order valence-electron chi connectivity index (χ1n) is 5.62. The molecule has 0 unspecified atom stereocenters. The average Bonchev–Trinajstić information content (AvgIpc) is 2.38. The zero-order valence-electron chi connectivity index (χ0n) is 9.89. The number of rotatable bonds is 4. The van der Waals surface area contributed by atoms with Crippen LogP contribution in [0.15, 0.2) is 47.6 Å². The summed E-state index contributed by atoms with van der Waals surface area (Å²) in [4.78, 5) is 4.41. The van der Waals surface area contributed by atoms with E-state index in [9.17, 15) is 0 Å². The lowest BCUT2D eigenvalue weighted by Crippen LogP contribution is -2.00. The van der Waals surface area contributed by atoms with E-state index in [4.69, 9.17) is 5.73 Å². The van der Waals surface area contributed by atoms with Crippen molar-refractivity contribution >= 4 is 11.8 Å². The number of hydrogen-bond donors (Lipinski definition) is 1. The highest BCUT2D eigenvalue weighted by atomic mass is 32.2. The Kier molecular flexibility index (Phi) is 4.18. The number of hydrogen-bond acceptors (Lipinski definition) is 3. The SMILES string of the molecule is Cc1cc(SCc2ccccc2)ncc1CN. The predicted octanol–water partition coefficient (Wildman–Crippen LogP) is 3.14. The molecule has 0 aliphatic heterocycles. The van der Waals surface area contributed by atoms with E-state index in [2.05, 4.69) is 42.2 Å². The number of pyridine rings is 1. The second kappa shape index (κ2) is 5.84. The number of aryl methyl sites for hydroxylation is 1. The molecule has 2 aromatic rings. The van der Waals surface area contributed by atoms with Crippen LogP contribution in [0.5, 0.6) is 0 Å². The molecule has 0 aliphatic rings. The van der Waals surface area contributed by atoms with E-state index in [-0.39, 0.29) is 0 Å². The van der Waals surface area contributed by atoms with Crippen LogP contribution in [-0.4, -0.2) is 4.98 Å². The molecular formula is C14H16N2S. The van der Waals surface area contributed by atoms with Gasteiger partial charge in [-0.2, -0.15) is 0 Å². The van der Waals surface area contributed by atoms with Gasteiger partial charge in [-0.05, 0) is 29.7 Å². The minimum Gasteiger partial charge on any atom is -0.326 e. The van der Waals surface area contributed by atoms with Gasteiger partial charge in [-0.1, -0.05) is 30.3 Å². The molecule has 0 fully saturated rings. The predicted molar refractivity (Wildman–Crippen MR) is 72.9 cm³/mol. The molecular weight excluding hydrogens is 228 g/mol. The lowest BCUT2D eigenvalue weighted by molar-refractivity contribution is 0.987. The fourth-order valence-corrected chi connectivity index (χ4v) is 2.48. The monoisotopic (exact) mass is 244 g/mol. The van der Waals surface area contributed by atoms with Crippen molar-refractivity contribution in [3.63, 3.8) is 0 Å². The van der Waals surface area contributed by atoms with E-state index in [1.54, 1.807) is 11.8 Å². The molecule has 0 atom stereocenters. The Balaban J connectivity index is 2.02. The first-order valence-corrected chi connectivity index (χ1v) is 6.60. The van der Waals surface area contributed by atoms with E-state index in [1.165, 1.54) is 11.1 Å². The Bertz CT molecular complexity index is 483. The topological polar surface area (TPSA) is 38.9 Å². The third kappa shape index (κ3) is 3.32. The fraction of sp³-hybridized carbons (Fsp3) is 0.214. The molecule has 2 nitrogen and oxygen atoms in total. The van der Waals surface area contributed by atoms with Crippen molar-refractivity contribution in [1.82, 2.24) is 4.98 Å². The Morgan fingerprint density at radius 2 is 2.00 bits per heavy atom. The maximum Gasteiger partial charge on any atom is 0.0965 e. The molecule has 88 valence electrons. The molecule has 2 rings (SSSR count). The van der Waals surface area contributed by atoms with Gasteiger partial charge >= 0.3 is 0 Å². The van der Waals surface area contributed by atoms with Crippen LogP contribution in [-0.2, 0) is 12.3 Å². The lowest BCUT2D eigenvalue weighted by Gasteiger charge is -2.05. The standard InChI is InChI=1S/C14H16N2S/c1-11-7-14(16-9-13(11)8-15)17-10-12-5-3-2-4-6-12/h2-7,9H,8,10,15H2,1H3. The quantitative estimate of drug-likeness (QED) is 0.840. The van der Waals surface area contributed by atoms with Crippen molar-refractivity contribution in [2.45, 2.75) is 24.2 Å². The summed E-state index contributed by atoms with van der Waals surface area (Å²) in [5, 5.41) is 1.06. The van der Waals surface area contributed by atoms with Crippen LogP contribution in [0.25, 0.3) is 0 Å². The van der Waals surface area contributed by atoms with Gasteiger partial charge in [0, 0.05) is 18.5 Å². The number of aromatic nitrogens is 1. The summed E-state index contributed by atoms with van der Waals surface area (Å²) in [5.41, 5.74) is 9.28. The largest absolute Gasteiger partial charge is 0.326 e. The van der Waals surface area contributed by atoms with Crippen molar-refractivity contribution in [2.75, 3.05) is 0 Å². The van der Waals surface area contributed by atoms with E-state index >= 15 is 0 Å². The minimum atomic E-state index is 0.558. The fourth-order valence-electron chi connectivity index (χ4n) is 1.58. The number of thioether (sulfide) groups is 1. The van der Waals surface area contributed by atoms with E-state index in [1.807, 2.05) is 12.3 Å². The molecule has 0 bridgehead atoms. The molecule has 3 heteroatoms. The summed E-state index contributed by atoms with van der Waals surface area (Å²) in [5.74, 6) is 0.954. The molecule has 0 aliphatic carbocycles. The summed E-state index contributed by atoms with van der Waals surface area (Å²) in [6.07, 6.45) is 1.88. The van der Waals surface area contributed by atoms with Gasteiger partial charge in [-0.25, -0.2) is 4.98 Å². The number of benzene rings is 1. The molecule has 0 radical (unpaired) electrons. The van der Waals surface area contributed by atoms with Crippen molar-refractivity contribution in [3.8, 4) is 0 Å². The average molecular weight is 244 g/mol. The normalized spacial score (nSPS) is 10.5. The van der Waals surface area contributed by atoms with Crippen LogP contribution in [0.3, 0.4) is 0 Å². The van der Waals surface area contributed by atoms with Crippen LogP contribution >= 0.6 is 11.8 Å². The zero-order chi connectivity index (χ0) is 12.1. The summed E-state index contributed by atoms with van der Waals surface area (Å²) >= 11 is 1.75. The van der Waals surface area contributed by atoms with E-state index < -0.39 is 0 Å². The smallest absolute Gasteiger partial charge is 0.0965 e. The Morgan fingerprint density at radius 3 is 2.65 bits per heavy atom. The summed E-state index contributed by atoms with van der Waals surface area (Å²) in [6, 6.07) is 12.5. The Hall–Kier alpha value is -1.32. The second-order valence-electron chi connectivity index (χ2n) is 3.93. The van der Waals surface area contributed by atoms with E-state index in [0.29, 0.717) is 6.54 Å². The van der Waals surface area contributed by atoms with Crippen LogP contribution in [0.2, 0.25) is 0 Å². The van der Waals surface area contributed by atoms with Gasteiger partial charge in [0.25, 0.3) is 0 Å². The van der Waals surface area contributed by atoms with Gasteiger partial charge in [-0.3, -0.25) is 0 Å². The highest BCUT2D eigenvalue weighted by Crippen LogP contribution is 2.22. The summed E-state index contributed by atoms with van der Waals surface area (Å²) in [6.45, 7) is 2.64.